The number of hydrogen-bond donors (Lipinski definition) is 1. The third-order valence-electron chi connectivity index (χ3n) is 2.63. The Bertz CT molecular complexity index is 739. The van der Waals surface area contributed by atoms with Gasteiger partial charge >= 0.3 is 0 Å². The fourth-order valence-electron chi connectivity index (χ4n) is 1.74. The van der Waals surface area contributed by atoms with Gasteiger partial charge in [0.1, 0.15) is 5.52 Å². The zero-order chi connectivity index (χ0) is 12.7. The summed E-state index contributed by atoms with van der Waals surface area (Å²) in [5.74, 6) is 0.492. The number of nitrogens with two attached hydrogens (primary N) is 1. The zero-order valence-corrected chi connectivity index (χ0v) is 11.5. The summed E-state index contributed by atoms with van der Waals surface area (Å²) in [6.07, 6.45) is 0. The van der Waals surface area contributed by atoms with Crippen LogP contribution in [-0.2, 0) is 0 Å². The number of halogens is 2. The Labute approximate surface area is 117 Å². The summed E-state index contributed by atoms with van der Waals surface area (Å²) >= 11 is 9.29. The molecule has 0 spiro atoms. The summed E-state index contributed by atoms with van der Waals surface area (Å²) in [6, 6.07) is 11.0. The molecular weight excluding hydrogens is 316 g/mol. The first kappa shape index (κ1) is 11.6. The van der Waals surface area contributed by atoms with E-state index < -0.39 is 0 Å². The smallest absolute Gasteiger partial charge is 0.229 e. The number of nitrogen functional groups attached to an aromatic ring is 1. The second-order valence-corrected chi connectivity index (χ2v) is 5.12. The van der Waals surface area contributed by atoms with E-state index in [2.05, 4.69) is 20.9 Å². The van der Waals surface area contributed by atoms with E-state index in [1.807, 2.05) is 24.3 Å². The quantitative estimate of drug-likeness (QED) is 0.671. The fourth-order valence-corrected chi connectivity index (χ4v) is 2.27. The van der Waals surface area contributed by atoms with Crippen LogP contribution >= 0.6 is 27.5 Å². The molecule has 18 heavy (non-hydrogen) atoms. The Balaban J connectivity index is 2.22. The average molecular weight is 324 g/mol. The van der Waals surface area contributed by atoms with Crippen LogP contribution in [-0.4, -0.2) is 4.98 Å². The number of benzene rings is 2. The maximum absolute atomic E-state index is 5.99. The third kappa shape index (κ3) is 1.87. The van der Waals surface area contributed by atoms with Gasteiger partial charge in [0.15, 0.2) is 5.58 Å². The number of rotatable bonds is 1. The lowest BCUT2D eigenvalue weighted by molar-refractivity contribution is 0.620. The van der Waals surface area contributed by atoms with Crippen molar-refractivity contribution in [3.8, 4) is 11.5 Å². The molecule has 0 bridgehead atoms. The Morgan fingerprint density at radius 3 is 2.89 bits per heavy atom. The maximum Gasteiger partial charge on any atom is 0.229 e. The molecule has 1 heterocycles. The van der Waals surface area contributed by atoms with E-state index in [1.54, 1.807) is 12.1 Å². The maximum atomic E-state index is 5.99. The molecule has 2 N–H and O–H groups in total. The van der Waals surface area contributed by atoms with E-state index in [9.17, 15) is 0 Å². The van der Waals surface area contributed by atoms with Crippen molar-refractivity contribution < 1.29 is 4.42 Å². The normalized spacial score (nSPS) is 11.0. The standard InChI is InChI=1S/C13H8BrClN2O/c14-9-3-1-2-8(12(9)16)13-17-10-5-4-7(15)6-11(10)18-13/h1-6H,16H2. The molecular formula is C13H8BrClN2O. The lowest BCUT2D eigenvalue weighted by Crippen LogP contribution is -1.91. The molecule has 3 rings (SSSR count). The van der Waals surface area contributed by atoms with Gasteiger partial charge in [0.2, 0.25) is 5.89 Å². The van der Waals surface area contributed by atoms with E-state index in [1.165, 1.54) is 0 Å². The number of oxazole rings is 1. The van der Waals surface area contributed by atoms with Gasteiger partial charge in [0, 0.05) is 15.6 Å². The van der Waals surface area contributed by atoms with E-state index in [0.717, 1.165) is 15.6 Å². The second kappa shape index (κ2) is 4.30. The summed E-state index contributed by atoms with van der Waals surface area (Å²) in [6.45, 7) is 0. The first-order valence-electron chi connectivity index (χ1n) is 5.25. The van der Waals surface area contributed by atoms with Crippen molar-refractivity contribution in [1.82, 2.24) is 4.98 Å². The molecule has 3 aromatic rings. The molecule has 0 aliphatic heterocycles. The highest BCUT2D eigenvalue weighted by Gasteiger charge is 2.12. The van der Waals surface area contributed by atoms with Crippen LogP contribution in [0.3, 0.4) is 0 Å². The molecule has 0 aliphatic carbocycles. The number of aromatic nitrogens is 1. The molecule has 0 amide bonds. The lowest BCUT2D eigenvalue weighted by atomic mass is 10.2. The van der Waals surface area contributed by atoms with E-state index in [4.69, 9.17) is 21.8 Å². The van der Waals surface area contributed by atoms with Gasteiger partial charge in [-0.25, -0.2) is 4.98 Å². The molecule has 90 valence electrons. The topological polar surface area (TPSA) is 52.0 Å². The van der Waals surface area contributed by atoms with Crippen LogP contribution in [0.2, 0.25) is 5.02 Å². The van der Waals surface area contributed by atoms with Gasteiger partial charge in [-0.2, -0.15) is 0 Å². The summed E-state index contributed by atoms with van der Waals surface area (Å²) in [7, 11) is 0. The largest absolute Gasteiger partial charge is 0.436 e. The average Bonchev–Trinajstić information content (AvgIpc) is 2.75. The molecule has 0 unspecified atom stereocenters. The van der Waals surface area contributed by atoms with E-state index in [-0.39, 0.29) is 0 Å². The Kier molecular flexibility index (Phi) is 2.76. The third-order valence-corrected chi connectivity index (χ3v) is 3.56. The highest BCUT2D eigenvalue weighted by atomic mass is 79.9. The summed E-state index contributed by atoms with van der Waals surface area (Å²) in [5, 5.41) is 0.618. The number of nitrogens with zero attached hydrogens (tertiary/aromatic N) is 1. The highest BCUT2D eigenvalue weighted by Crippen LogP contribution is 2.33. The monoisotopic (exact) mass is 322 g/mol. The molecule has 0 fully saturated rings. The van der Waals surface area contributed by atoms with Gasteiger partial charge in [0.05, 0.1) is 11.3 Å². The number of fused-ring (bicyclic) bond motifs is 1. The van der Waals surface area contributed by atoms with E-state index >= 15 is 0 Å². The van der Waals surface area contributed by atoms with Crippen LogP contribution in [0.25, 0.3) is 22.6 Å². The van der Waals surface area contributed by atoms with Crippen LogP contribution < -0.4 is 5.73 Å². The van der Waals surface area contributed by atoms with Gasteiger partial charge in [0.25, 0.3) is 0 Å². The predicted molar refractivity (Wildman–Crippen MR) is 76.6 cm³/mol. The second-order valence-electron chi connectivity index (χ2n) is 3.83. The van der Waals surface area contributed by atoms with Crippen molar-refractivity contribution in [2.45, 2.75) is 0 Å². The summed E-state index contributed by atoms with van der Waals surface area (Å²) in [4.78, 5) is 4.40. The molecule has 0 atom stereocenters. The molecule has 0 radical (unpaired) electrons. The molecule has 2 aromatic carbocycles. The van der Waals surface area contributed by atoms with Crippen molar-refractivity contribution in [2.24, 2.45) is 0 Å². The zero-order valence-electron chi connectivity index (χ0n) is 9.15. The summed E-state index contributed by atoms with van der Waals surface area (Å²) < 4.78 is 6.49. The van der Waals surface area contributed by atoms with Crippen LogP contribution in [0.15, 0.2) is 45.3 Å². The Morgan fingerprint density at radius 1 is 1.22 bits per heavy atom. The van der Waals surface area contributed by atoms with Crippen LogP contribution in [0.4, 0.5) is 5.69 Å². The SMILES string of the molecule is Nc1c(Br)cccc1-c1nc2ccc(Cl)cc2o1. The van der Waals surface area contributed by atoms with Crippen molar-refractivity contribution in [3.05, 3.63) is 45.9 Å². The van der Waals surface area contributed by atoms with Crippen LogP contribution in [0.1, 0.15) is 0 Å². The van der Waals surface area contributed by atoms with Crippen molar-refractivity contribution in [1.29, 1.82) is 0 Å². The molecule has 5 heteroatoms. The fraction of sp³-hybridized carbons (Fsp3) is 0. The van der Waals surface area contributed by atoms with Gasteiger partial charge in [-0.1, -0.05) is 17.7 Å². The summed E-state index contributed by atoms with van der Waals surface area (Å²) in [5.41, 5.74) is 8.77. The lowest BCUT2D eigenvalue weighted by Gasteiger charge is -2.02. The van der Waals surface area contributed by atoms with Crippen LogP contribution in [0.5, 0.6) is 0 Å². The van der Waals surface area contributed by atoms with Crippen molar-refractivity contribution >= 4 is 44.3 Å². The minimum absolute atomic E-state index is 0.492. The minimum atomic E-state index is 0.492. The number of para-hydroxylation sites is 1. The molecule has 0 aliphatic rings. The molecule has 0 saturated heterocycles. The number of anilines is 1. The Hall–Kier alpha value is -1.52. The number of hydrogen-bond acceptors (Lipinski definition) is 3. The molecule has 3 nitrogen and oxygen atoms in total. The van der Waals surface area contributed by atoms with Gasteiger partial charge in [-0.05, 0) is 40.2 Å². The highest BCUT2D eigenvalue weighted by molar-refractivity contribution is 9.10. The van der Waals surface area contributed by atoms with Gasteiger partial charge in [-0.15, -0.1) is 0 Å². The Morgan fingerprint density at radius 2 is 2.06 bits per heavy atom. The van der Waals surface area contributed by atoms with Gasteiger partial charge < -0.3 is 10.2 Å². The first-order chi connectivity index (χ1) is 8.65. The van der Waals surface area contributed by atoms with Gasteiger partial charge in [-0.3, -0.25) is 0 Å². The van der Waals surface area contributed by atoms with Crippen LogP contribution in [0, 0.1) is 0 Å². The molecule has 0 saturated carbocycles. The minimum Gasteiger partial charge on any atom is -0.436 e. The predicted octanol–water partition coefficient (Wildman–Crippen LogP) is 4.49. The van der Waals surface area contributed by atoms with Crippen molar-refractivity contribution in [3.63, 3.8) is 0 Å². The first-order valence-corrected chi connectivity index (χ1v) is 6.43. The van der Waals surface area contributed by atoms with Crippen molar-refractivity contribution in [2.75, 3.05) is 5.73 Å². The van der Waals surface area contributed by atoms with E-state index in [0.29, 0.717) is 22.2 Å². The molecule has 1 aromatic heterocycles.